The molecule has 1 unspecified atom stereocenters. The fraction of sp³-hybridized carbons (Fsp3) is 0.538. The molecule has 21 heavy (non-hydrogen) atoms. The summed E-state index contributed by atoms with van der Waals surface area (Å²) in [4.78, 5) is 26.0. The van der Waals surface area contributed by atoms with Gasteiger partial charge in [-0.05, 0) is 30.9 Å². The summed E-state index contributed by atoms with van der Waals surface area (Å²) in [6, 6.07) is 0. The van der Waals surface area contributed by atoms with Crippen molar-refractivity contribution in [1.29, 1.82) is 0 Å². The average molecular weight is 310 g/mol. The van der Waals surface area contributed by atoms with Crippen LogP contribution >= 0.6 is 11.6 Å². The molecule has 1 aliphatic heterocycles. The van der Waals surface area contributed by atoms with Gasteiger partial charge in [-0.15, -0.1) is 0 Å². The molecule has 1 atom stereocenters. The van der Waals surface area contributed by atoms with Crippen LogP contribution in [0.5, 0.6) is 0 Å². The van der Waals surface area contributed by atoms with Crippen molar-refractivity contribution >= 4 is 34.9 Å². The molecule has 0 radical (unpaired) electrons. The van der Waals surface area contributed by atoms with Gasteiger partial charge in [0.05, 0.1) is 0 Å². The molecule has 0 bridgehead atoms. The first-order valence-corrected chi connectivity index (χ1v) is 7.19. The van der Waals surface area contributed by atoms with Gasteiger partial charge in [0.25, 0.3) is 0 Å². The van der Waals surface area contributed by atoms with Gasteiger partial charge in [-0.25, -0.2) is 4.98 Å². The molecular weight excluding hydrogens is 294 g/mol. The Balaban J connectivity index is 2.24. The zero-order valence-electron chi connectivity index (χ0n) is 11.9. The number of hydrogen-bond acceptors (Lipinski definition) is 6. The first-order chi connectivity index (χ1) is 10.1. The van der Waals surface area contributed by atoms with Crippen LogP contribution in [0.15, 0.2) is 0 Å². The number of nitrogens with zero attached hydrogens (tertiary/aromatic N) is 5. The van der Waals surface area contributed by atoms with E-state index in [2.05, 4.69) is 15.0 Å². The third-order valence-electron chi connectivity index (χ3n) is 3.49. The Bertz CT molecular complexity index is 679. The Morgan fingerprint density at radius 3 is 2.76 bits per heavy atom. The van der Waals surface area contributed by atoms with E-state index in [0.29, 0.717) is 29.9 Å². The number of anilines is 1. The molecule has 112 valence electrons. The summed E-state index contributed by atoms with van der Waals surface area (Å²) >= 11 is 6.01. The minimum Gasteiger partial charge on any atom is -0.361 e. The molecule has 7 nitrogen and oxygen atoms in total. The standard InChI is InChI=1S/C13H16ClN5O2/c1-18(2)11-10-12(17-13(14)16-11)19(8(7-20)15-10)9-5-3-4-6-21-9/h7,9H,3-6H2,1-2H3. The number of carbonyl (C=O) groups is 1. The minimum atomic E-state index is -0.232. The molecule has 3 rings (SSSR count). The third-order valence-corrected chi connectivity index (χ3v) is 3.66. The normalized spacial score (nSPS) is 18.9. The molecule has 0 amide bonds. The average Bonchev–Trinajstić information content (AvgIpc) is 2.85. The molecular formula is C13H16ClN5O2. The van der Waals surface area contributed by atoms with Crippen molar-refractivity contribution in [2.45, 2.75) is 25.5 Å². The van der Waals surface area contributed by atoms with E-state index >= 15 is 0 Å². The maximum Gasteiger partial charge on any atom is 0.226 e. The Kier molecular flexibility index (Phi) is 3.77. The first-order valence-electron chi connectivity index (χ1n) is 6.81. The van der Waals surface area contributed by atoms with E-state index in [1.807, 2.05) is 14.1 Å². The van der Waals surface area contributed by atoms with Crippen LogP contribution in [0.4, 0.5) is 5.82 Å². The third kappa shape index (κ3) is 2.47. The highest BCUT2D eigenvalue weighted by Gasteiger charge is 2.25. The number of ether oxygens (including phenoxy) is 1. The van der Waals surface area contributed by atoms with E-state index in [1.54, 1.807) is 9.47 Å². The second-order valence-electron chi connectivity index (χ2n) is 5.16. The number of carbonyl (C=O) groups excluding carboxylic acids is 1. The van der Waals surface area contributed by atoms with Gasteiger partial charge in [0, 0.05) is 20.7 Å². The van der Waals surface area contributed by atoms with Gasteiger partial charge in [0.15, 0.2) is 29.1 Å². The van der Waals surface area contributed by atoms with Crippen LogP contribution in [0.25, 0.3) is 11.2 Å². The first kappa shape index (κ1) is 14.2. The second-order valence-corrected chi connectivity index (χ2v) is 5.50. The number of rotatable bonds is 3. The SMILES string of the molecule is CN(C)c1nc(Cl)nc2c1nc(C=O)n2C1CCCCO1. The van der Waals surface area contributed by atoms with Gasteiger partial charge < -0.3 is 9.64 Å². The molecule has 1 saturated heterocycles. The topological polar surface area (TPSA) is 73.1 Å². The van der Waals surface area contributed by atoms with Crippen molar-refractivity contribution in [2.75, 3.05) is 25.6 Å². The fourth-order valence-corrected chi connectivity index (χ4v) is 2.72. The summed E-state index contributed by atoms with van der Waals surface area (Å²) in [5, 5.41) is 0.126. The summed E-state index contributed by atoms with van der Waals surface area (Å²) in [5.41, 5.74) is 1.09. The molecule has 0 saturated carbocycles. The smallest absolute Gasteiger partial charge is 0.226 e. The lowest BCUT2D eigenvalue weighted by atomic mass is 10.2. The number of hydrogen-bond donors (Lipinski definition) is 0. The predicted octanol–water partition coefficient (Wildman–Crippen LogP) is 2.06. The maximum absolute atomic E-state index is 11.4. The van der Waals surface area contributed by atoms with E-state index < -0.39 is 0 Å². The van der Waals surface area contributed by atoms with Crippen molar-refractivity contribution in [3.05, 3.63) is 11.1 Å². The summed E-state index contributed by atoms with van der Waals surface area (Å²) in [6.07, 6.45) is 3.38. The molecule has 0 spiro atoms. The van der Waals surface area contributed by atoms with Crippen molar-refractivity contribution in [3.63, 3.8) is 0 Å². The van der Waals surface area contributed by atoms with Gasteiger partial charge >= 0.3 is 0 Å². The second kappa shape index (κ2) is 5.57. The minimum absolute atomic E-state index is 0.126. The van der Waals surface area contributed by atoms with E-state index in [4.69, 9.17) is 16.3 Å². The van der Waals surface area contributed by atoms with Crippen LogP contribution in [0.2, 0.25) is 5.28 Å². The van der Waals surface area contributed by atoms with Gasteiger partial charge in [-0.2, -0.15) is 9.97 Å². The van der Waals surface area contributed by atoms with Crippen molar-refractivity contribution in [1.82, 2.24) is 19.5 Å². The van der Waals surface area contributed by atoms with Crippen LogP contribution in [0.3, 0.4) is 0 Å². The van der Waals surface area contributed by atoms with Crippen LogP contribution in [-0.4, -0.2) is 46.5 Å². The summed E-state index contributed by atoms with van der Waals surface area (Å²) < 4.78 is 7.48. The van der Waals surface area contributed by atoms with Gasteiger partial charge in [0.2, 0.25) is 5.28 Å². The highest BCUT2D eigenvalue weighted by Crippen LogP contribution is 2.30. The number of aldehydes is 1. The van der Waals surface area contributed by atoms with Crippen LogP contribution in [-0.2, 0) is 4.74 Å². The van der Waals surface area contributed by atoms with Gasteiger partial charge in [-0.1, -0.05) is 0 Å². The Labute approximate surface area is 126 Å². The quantitative estimate of drug-likeness (QED) is 0.638. The molecule has 2 aromatic heterocycles. The Morgan fingerprint density at radius 1 is 1.33 bits per heavy atom. The lowest BCUT2D eigenvalue weighted by Crippen LogP contribution is -2.20. The predicted molar refractivity (Wildman–Crippen MR) is 78.9 cm³/mol. The fourth-order valence-electron chi connectivity index (χ4n) is 2.56. The summed E-state index contributed by atoms with van der Waals surface area (Å²) in [5.74, 6) is 0.874. The summed E-state index contributed by atoms with van der Waals surface area (Å²) in [6.45, 7) is 0.669. The molecule has 3 heterocycles. The lowest BCUT2D eigenvalue weighted by molar-refractivity contribution is -0.0306. The zero-order valence-corrected chi connectivity index (χ0v) is 12.7. The van der Waals surface area contributed by atoms with Gasteiger partial charge in [0.1, 0.15) is 6.23 Å². The Hall–Kier alpha value is -1.73. The number of halogens is 1. The lowest BCUT2D eigenvalue weighted by Gasteiger charge is -2.24. The molecule has 1 aliphatic rings. The van der Waals surface area contributed by atoms with Crippen LogP contribution in [0.1, 0.15) is 36.1 Å². The maximum atomic E-state index is 11.4. The van der Waals surface area contributed by atoms with Gasteiger partial charge in [-0.3, -0.25) is 9.36 Å². The zero-order chi connectivity index (χ0) is 15.0. The van der Waals surface area contributed by atoms with Crippen molar-refractivity contribution < 1.29 is 9.53 Å². The highest BCUT2D eigenvalue weighted by atomic mass is 35.5. The Morgan fingerprint density at radius 2 is 2.14 bits per heavy atom. The number of aromatic nitrogens is 4. The van der Waals surface area contributed by atoms with Crippen molar-refractivity contribution in [3.8, 4) is 0 Å². The molecule has 0 aromatic carbocycles. The number of fused-ring (bicyclic) bond motifs is 1. The molecule has 2 aromatic rings. The number of imidazole rings is 1. The summed E-state index contributed by atoms with van der Waals surface area (Å²) in [7, 11) is 3.68. The van der Waals surface area contributed by atoms with E-state index in [1.165, 1.54) is 0 Å². The monoisotopic (exact) mass is 309 g/mol. The van der Waals surface area contributed by atoms with E-state index in [9.17, 15) is 4.79 Å². The molecule has 0 N–H and O–H groups in total. The van der Waals surface area contributed by atoms with E-state index in [0.717, 1.165) is 19.3 Å². The molecule has 1 fully saturated rings. The molecule has 0 aliphatic carbocycles. The van der Waals surface area contributed by atoms with E-state index in [-0.39, 0.29) is 17.3 Å². The van der Waals surface area contributed by atoms with Crippen LogP contribution in [0, 0.1) is 0 Å². The van der Waals surface area contributed by atoms with Crippen LogP contribution < -0.4 is 4.90 Å². The molecule has 8 heteroatoms. The highest BCUT2D eigenvalue weighted by molar-refractivity contribution is 6.28. The largest absolute Gasteiger partial charge is 0.361 e. The van der Waals surface area contributed by atoms with Crippen molar-refractivity contribution in [2.24, 2.45) is 0 Å².